The molecular weight excluding hydrogens is 387 g/mol. The molecule has 0 radical (unpaired) electrons. The first-order valence-electron chi connectivity index (χ1n) is 9.24. The quantitative estimate of drug-likeness (QED) is 0.743. The Kier molecular flexibility index (Phi) is 5.09. The summed E-state index contributed by atoms with van der Waals surface area (Å²) in [6.45, 7) is 1.02. The number of rotatable bonds is 3. The van der Waals surface area contributed by atoms with Crippen LogP contribution in [-0.2, 0) is 19.3 Å². The molecule has 0 unspecified atom stereocenters. The zero-order valence-corrected chi connectivity index (χ0v) is 15.9. The van der Waals surface area contributed by atoms with Crippen LogP contribution >= 0.6 is 12.2 Å². The fourth-order valence-electron chi connectivity index (χ4n) is 3.69. The van der Waals surface area contributed by atoms with Gasteiger partial charge in [-0.1, -0.05) is 37.1 Å². The Hall–Kier alpha value is -2.42. The van der Waals surface area contributed by atoms with Crippen molar-refractivity contribution in [1.29, 1.82) is 0 Å². The van der Waals surface area contributed by atoms with Crippen LogP contribution in [-0.4, -0.2) is 21.1 Å². The number of hydrogen-bond donors (Lipinski definition) is 2. The lowest BCUT2D eigenvalue weighted by Crippen LogP contribution is -2.36. The van der Waals surface area contributed by atoms with Gasteiger partial charge in [0.15, 0.2) is 10.8 Å². The van der Waals surface area contributed by atoms with Crippen LogP contribution in [0.3, 0.4) is 0 Å². The summed E-state index contributed by atoms with van der Waals surface area (Å²) in [7, 11) is 0. The third-order valence-corrected chi connectivity index (χ3v) is 5.30. The second kappa shape index (κ2) is 7.54. The minimum absolute atomic E-state index is 0.142. The van der Waals surface area contributed by atoms with Crippen molar-refractivity contribution in [3.63, 3.8) is 0 Å². The van der Waals surface area contributed by atoms with E-state index in [1.54, 1.807) is 4.90 Å². The van der Waals surface area contributed by atoms with Gasteiger partial charge in [-0.2, -0.15) is 18.2 Å². The van der Waals surface area contributed by atoms with Gasteiger partial charge in [0.1, 0.15) is 5.82 Å². The number of benzene rings is 1. The first-order chi connectivity index (χ1) is 13.4. The predicted molar refractivity (Wildman–Crippen MR) is 105 cm³/mol. The topological polar surface area (TPSA) is 53.1 Å². The summed E-state index contributed by atoms with van der Waals surface area (Å²) in [4.78, 5) is 9.75. The van der Waals surface area contributed by atoms with Crippen LogP contribution in [0.4, 0.5) is 24.9 Å². The van der Waals surface area contributed by atoms with Crippen molar-refractivity contribution in [3.8, 4) is 0 Å². The molecule has 1 aliphatic carbocycles. The molecule has 2 N–H and O–H groups in total. The Morgan fingerprint density at radius 1 is 1.07 bits per heavy atom. The maximum atomic E-state index is 13.4. The first-order valence-corrected chi connectivity index (χ1v) is 9.65. The van der Waals surface area contributed by atoms with Crippen molar-refractivity contribution in [3.05, 3.63) is 47.2 Å². The molecule has 2 aliphatic rings. The first kappa shape index (κ1) is 18.9. The number of nitrogens with one attached hydrogen (secondary N) is 2. The van der Waals surface area contributed by atoms with Crippen molar-refractivity contribution < 1.29 is 13.2 Å². The number of alkyl halides is 3. The normalized spacial score (nSPS) is 16.9. The van der Waals surface area contributed by atoms with Crippen LogP contribution in [0.1, 0.15) is 42.5 Å². The molecule has 1 aliphatic heterocycles. The third kappa shape index (κ3) is 4.19. The van der Waals surface area contributed by atoms with Gasteiger partial charge in [-0.05, 0) is 36.2 Å². The van der Waals surface area contributed by atoms with Crippen molar-refractivity contribution >= 4 is 29.1 Å². The van der Waals surface area contributed by atoms with E-state index in [0.29, 0.717) is 13.1 Å². The summed E-state index contributed by atoms with van der Waals surface area (Å²) < 4.78 is 40.1. The molecule has 0 spiro atoms. The molecule has 1 aromatic heterocycles. The van der Waals surface area contributed by atoms with Gasteiger partial charge >= 0.3 is 6.18 Å². The number of thiocarbonyl (C=S) groups is 1. The SMILES string of the molecule is FC(F)(F)c1cc(N2Cc3ccccc3C2)nc(NC(=S)NC2CCCC2)n1. The lowest BCUT2D eigenvalue weighted by atomic mass is 10.1. The van der Waals surface area contributed by atoms with E-state index < -0.39 is 11.9 Å². The Bertz CT molecular complexity index is 855. The molecule has 2 aromatic rings. The molecule has 0 atom stereocenters. The van der Waals surface area contributed by atoms with Crippen LogP contribution in [0.2, 0.25) is 0 Å². The molecule has 28 heavy (non-hydrogen) atoms. The van der Waals surface area contributed by atoms with E-state index in [4.69, 9.17) is 12.2 Å². The van der Waals surface area contributed by atoms with Crippen LogP contribution in [0, 0.1) is 0 Å². The van der Waals surface area contributed by atoms with Gasteiger partial charge in [0.2, 0.25) is 5.95 Å². The van der Waals surface area contributed by atoms with E-state index in [2.05, 4.69) is 20.6 Å². The van der Waals surface area contributed by atoms with Gasteiger partial charge in [0.05, 0.1) is 0 Å². The molecule has 5 nitrogen and oxygen atoms in total. The highest BCUT2D eigenvalue weighted by Crippen LogP contribution is 2.33. The predicted octanol–water partition coefficient (Wildman–Crippen LogP) is 4.24. The highest BCUT2D eigenvalue weighted by Gasteiger charge is 2.35. The minimum Gasteiger partial charge on any atom is -0.360 e. The molecule has 2 heterocycles. The van der Waals surface area contributed by atoms with Gasteiger partial charge in [-0.3, -0.25) is 0 Å². The molecule has 1 saturated carbocycles. The van der Waals surface area contributed by atoms with E-state index in [1.165, 1.54) is 0 Å². The molecule has 148 valence electrons. The van der Waals surface area contributed by atoms with Crippen molar-refractivity contribution in [2.75, 3.05) is 10.2 Å². The van der Waals surface area contributed by atoms with E-state index in [-0.39, 0.29) is 22.9 Å². The Morgan fingerprint density at radius 2 is 1.71 bits per heavy atom. The van der Waals surface area contributed by atoms with Gasteiger partial charge in [-0.15, -0.1) is 0 Å². The van der Waals surface area contributed by atoms with Crippen molar-refractivity contribution in [1.82, 2.24) is 15.3 Å². The second-order valence-electron chi connectivity index (χ2n) is 7.14. The van der Waals surface area contributed by atoms with E-state index in [1.807, 2.05) is 24.3 Å². The van der Waals surface area contributed by atoms with Gasteiger partial charge in [0, 0.05) is 25.2 Å². The molecule has 1 fully saturated rings. The summed E-state index contributed by atoms with van der Waals surface area (Å²) >= 11 is 5.25. The molecule has 0 saturated heterocycles. The number of aromatic nitrogens is 2. The summed E-state index contributed by atoms with van der Waals surface area (Å²) in [5.74, 6) is 0.0842. The van der Waals surface area contributed by atoms with Gasteiger partial charge < -0.3 is 15.5 Å². The van der Waals surface area contributed by atoms with E-state index in [9.17, 15) is 13.2 Å². The fourth-order valence-corrected chi connectivity index (χ4v) is 3.94. The average molecular weight is 407 g/mol. The van der Waals surface area contributed by atoms with Crippen LogP contribution < -0.4 is 15.5 Å². The zero-order valence-electron chi connectivity index (χ0n) is 15.1. The number of anilines is 2. The minimum atomic E-state index is -4.57. The Labute approximate surface area is 166 Å². The number of fused-ring (bicyclic) bond motifs is 1. The molecule has 9 heteroatoms. The summed E-state index contributed by atoms with van der Waals surface area (Å²) in [6, 6.07) is 9.03. The maximum absolute atomic E-state index is 13.4. The summed E-state index contributed by atoms with van der Waals surface area (Å²) in [6.07, 6.45) is -0.313. The largest absolute Gasteiger partial charge is 0.433 e. The average Bonchev–Trinajstić information content (AvgIpc) is 3.29. The highest BCUT2D eigenvalue weighted by atomic mass is 32.1. The van der Waals surface area contributed by atoms with Gasteiger partial charge in [-0.25, -0.2) is 4.98 Å². The van der Waals surface area contributed by atoms with Crippen LogP contribution in [0.15, 0.2) is 30.3 Å². The lowest BCUT2D eigenvalue weighted by Gasteiger charge is -2.20. The van der Waals surface area contributed by atoms with E-state index in [0.717, 1.165) is 42.9 Å². The zero-order chi connectivity index (χ0) is 19.7. The van der Waals surface area contributed by atoms with Crippen molar-refractivity contribution in [2.45, 2.75) is 51.0 Å². The molecule has 4 rings (SSSR count). The Balaban J connectivity index is 1.56. The Morgan fingerprint density at radius 3 is 2.32 bits per heavy atom. The fraction of sp³-hybridized carbons (Fsp3) is 0.421. The monoisotopic (exact) mass is 407 g/mol. The summed E-state index contributed by atoms with van der Waals surface area (Å²) in [5.41, 5.74) is 1.19. The number of nitrogens with zero attached hydrogens (tertiary/aromatic N) is 3. The third-order valence-electron chi connectivity index (χ3n) is 5.08. The van der Waals surface area contributed by atoms with E-state index >= 15 is 0 Å². The molecular formula is C19H20F3N5S. The highest BCUT2D eigenvalue weighted by molar-refractivity contribution is 7.80. The number of halogens is 3. The maximum Gasteiger partial charge on any atom is 0.433 e. The summed E-state index contributed by atoms with van der Waals surface area (Å²) in [5, 5.41) is 6.12. The molecule has 0 bridgehead atoms. The van der Waals surface area contributed by atoms with Crippen LogP contribution in [0.25, 0.3) is 0 Å². The number of hydrogen-bond acceptors (Lipinski definition) is 4. The molecule has 1 aromatic carbocycles. The van der Waals surface area contributed by atoms with Crippen LogP contribution in [0.5, 0.6) is 0 Å². The smallest absolute Gasteiger partial charge is 0.360 e. The lowest BCUT2D eigenvalue weighted by molar-refractivity contribution is -0.141. The molecule has 0 amide bonds. The standard InChI is InChI=1S/C19H20F3N5S/c20-19(21,22)15-9-16(27-10-12-5-1-2-6-13(12)11-27)25-17(24-15)26-18(28)23-14-7-3-4-8-14/h1-2,5-6,9,14H,3-4,7-8,10-11H2,(H2,23,24,25,26,28). The van der Waals surface area contributed by atoms with Gasteiger partial charge in [0.25, 0.3) is 0 Å². The second-order valence-corrected chi connectivity index (χ2v) is 7.55. The van der Waals surface area contributed by atoms with Crippen molar-refractivity contribution in [2.24, 2.45) is 0 Å².